The summed E-state index contributed by atoms with van der Waals surface area (Å²) in [7, 11) is 1.89. The zero-order chi connectivity index (χ0) is 13.1. The number of rotatable bonds is 3. The van der Waals surface area contributed by atoms with Crippen molar-refractivity contribution >= 4 is 21.8 Å². The second kappa shape index (κ2) is 5.89. The van der Waals surface area contributed by atoms with Crippen LogP contribution in [0.3, 0.4) is 0 Å². The highest BCUT2D eigenvalue weighted by Crippen LogP contribution is 2.19. The Bertz CT molecular complexity index is 429. The molecule has 1 atom stereocenters. The molecule has 1 fully saturated rings. The molecule has 1 amide bonds. The first-order valence-electron chi connectivity index (χ1n) is 6.34. The van der Waals surface area contributed by atoms with Crippen LogP contribution in [0.4, 0.5) is 0 Å². The zero-order valence-corrected chi connectivity index (χ0v) is 12.4. The van der Waals surface area contributed by atoms with Crippen molar-refractivity contribution in [2.45, 2.75) is 25.9 Å². The van der Waals surface area contributed by atoms with Gasteiger partial charge in [-0.05, 0) is 41.8 Å². The van der Waals surface area contributed by atoms with Crippen molar-refractivity contribution in [2.24, 2.45) is 7.05 Å². The molecular formula is C13H19BrN2O2. The Morgan fingerprint density at radius 2 is 2.39 bits per heavy atom. The van der Waals surface area contributed by atoms with Crippen molar-refractivity contribution in [3.8, 4) is 0 Å². The molecule has 0 aromatic carbocycles. The van der Waals surface area contributed by atoms with Crippen LogP contribution in [-0.4, -0.2) is 41.2 Å². The average molecular weight is 315 g/mol. The maximum Gasteiger partial charge on any atom is 0.270 e. The molecule has 0 N–H and O–H groups in total. The van der Waals surface area contributed by atoms with Crippen LogP contribution in [0.25, 0.3) is 0 Å². The number of halogens is 1. The lowest BCUT2D eigenvalue weighted by Crippen LogP contribution is -2.43. The molecule has 1 aromatic rings. The third-order valence-corrected chi connectivity index (χ3v) is 3.69. The molecule has 100 valence electrons. The minimum absolute atomic E-state index is 0.0904. The van der Waals surface area contributed by atoms with Gasteiger partial charge in [0.1, 0.15) is 5.69 Å². The number of amides is 1. The van der Waals surface area contributed by atoms with Crippen LogP contribution in [-0.2, 0) is 11.8 Å². The number of aromatic nitrogens is 1. The molecule has 2 rings (SSSR count). The van der Waals surface area contributed by atoms with Crippen molar-refractivity contribution < 1.29 is 9.53 Å². The van der Waals surface area contributed by atoms with Gasteiger partial charge in [-0.1, -0.05) is 0 Å². The lowest BCUT2D eigenvalue weighted by Gasteiger charge is -2.32. The normalized spacial score (nSPS) is 20.2. The van der Waals surface area contributed by atoms with E-state index in [2.05, 4.69) is 15.9 Å². The fraction of sp³-hybridized carbons (Fsp3) is 0.615. The number of likely N-dealkylation sites (tertiary alicyclic amines) is 1. The Labute approximate surface area is 116 Å². The number of carbonyl (C=O) groups excluding carboxylic acids is 1. The molecule has 1 unspecified atom stereocenters. The number of hydrogen-bond donors (Lipinski definition) is 0. The summed E-state index contributed by atoms with van der Waals surface area (Å²) in [6.07, 6.45) is 4.16. The van der Waals surface area contributed by atoms with Crippen molar-refractivity contribution in [3.05, 3.63) is 22.4 Å². The van der Waals surface area contributed by atoms with E-state index in [9.17, 15) is 4.79 Å². The molecule has 0 bridgehead atoms. The maximum absolute atomic E-state index is 12.4. The van der Waals surface area contributed by atoms with Gasteiger partial charge in [-0.2, -0.15) is 0 Å². The van der Waals surface area contributed by atoms with E-state index in [1.54, 1.807) is 0 Å². The molecule has 1 aliphatic heterocycles. The lowest BCUT2D eigenvalue weighted by atomic mass is 10.1. The van der Waals surface area contributed by atoms with Gasteiger partial charge in [0.05, 0.1) is 6.10 Å². The molecule has 5 heteroatoms. The predicted octanol–water partition coefficient (Wildman–Crippen LogP) is 2.43. The SMILES string of the molecule is CCOC1CCCN(C(=O)c2cc(Br)cn2C)C1. The molecule has 1 aliphatic rings. The second-order valence-corrected chi connectivity index (χ2v) is 5.54. The highest BCUT2D eigenvalue weighted by Gasteiger charge is 2.26. The highest BCUT2D eigenvalue weighted by molar-refractivity contribution is 9.10. The molecule has 0 saturated carbocycles. The van der Waals surface area contributed by atoms with Gasteiger partial charge in [0.25, 0.3) is 5.91 Å². The number of carbonyl (C=O) groups is 1. The zero-order valence-electron chi connectivity index (χ0n) is 10.9. The van der Waals surface area contributed by atoms with E-state index in [1.165, 1.54) is 0 Å². The summed E-state index contributed by atoms with van der Waals surface area (Å²) in [5.41, 5.74) is 0.721. The number of aryl methyl sites for hydroxylation is 1. The average Bonchev–Trinajstić information content (AvgIpc) is 2.68. The van der Waals surface area contributed by atoms with Crippen molar-refractivity contribution in [3.63, 3.8) is 0 Å². The second-order valence-electron chi connectivity index (χ2n) is 4.63. The summed E-state index contributed by atoms with van der Waals surface area (Å²) >= 11 is 3.40. The number of nitrogens with zero attached hydrogens (tertiary/aromatic N) is 2. The molecular weight excluding hydrogens is 296 g/mol. The molecule has 2 heterocycles. The largest absolute Gasteiger partial charge is 0.377 e. The lowest BCUT2D eigenvalue weighted by molar-refractivity contribution is 0.00690. The van der Waals surface area contributed by atoms with E-state index in [1.807, 2.05) is 35.7 Å². The maximum atomic E-state index is 12.4. The first-order chi connectivity index (χ1) is 8.61. The van der Waals surface area contributed by atoms with Gasteiger partial charge >= 0.3 is 0 Å². The van der Waals surface area contributed by atoms with E-state index in [0.717, 1.165) is 29.6 Å². The van der Waals surface area contributed by atoms with Gasteiger partial charge in [-0.15, -0.1) is 0 Å². The van der Waals surface area contributed by atoms with Crippen LogP contribution in [0.15, 0.2) is 16.7 Å². The van der Waals surface area contributed by atoms with Gasteiger partial charge in [0, 0.05) is 37.4 Å². The Kier molecular flexibility index (Phi) is 4.45. The number of hydrogen-bond acceptors (Lipinski definition) is 2. The third kappa shape index (κ3) is 2.95. The fourth-order valence-electron chi connectivity index (χ4n) is 2.39. The summed E-state index contributed by atoms with van der Waals surface area (Å²) in [5.74, 6) is 0.0904. The van der Waals surface area contributed by atoms with Crippen LogP contribution in [0, 0.1) is 0 Å². The monoisotopic (exact) mass is 314 g/mol. The quantitative estimate of drug-likeness (QED) is 0.858. The molecule has 0 aliphatic carbocycles. The van der Waals surface area contributed by atoms with Gasteiger partial charge < -0.3 is 14.2 Å². The number of piperidine rings is 1. The Hall–Kier alpha value is -0.810. The highest BCUT2D eigenvalue weighted by atomic mass is 79.9. The Morgan fingerprint density at radius 3 is 3.00 bits per heavy atom. The molecule has 0 radical (unpaired) electrons. The Morgan fingerprint density at radius 1 is 1.61 bits per heavy atom. The first kappa shape index (κ1) is 13.6. The van der Waals surface area contributed by atoms with Gasteiger partial charge in [-0.3, -0.25) is 4.79 Å². The minimum Gasteiger partial charge on any atom is -0.377 e. The fourth-order valence-corrected chi connectivity index (χ4v) is 2.92. The van der Waals surface area contributed by atoms with E-state index in [4.69, 9.17) is 4.74 Å². The van der Waals surface area contributed by atoms with Crippen LogP contribution in [0.2, 0.25) is 0 Å². The van der Waals surface area contributed by atoms with Crippen LogP contribution in [0.5, 0.6) is 0 Å². The summed E-state index contributed by atoms with van der Waals surface area (Å²) in [6, 6.07) is 1.87. The standard InChI is InChI=1S/C13H19BrN2O2/c1-3-18-11-5-4-6-16(9-11)13(17)12-7-10(14)8-15(12)2/h7-8,11H,3-6,9H2,1-2H3. The summed E-state index contributed by atoms with van der Waals surface area (Å²) in [5, 5.41) is 0. The van der Waals surface area contributed by atoms with Crippen molar-refractivity contribution in [1.29, 1.82) is 0 Å². The van der Waals surface area contributed by atoms with Gasteiger partial charge in [0.2, 0.25) is 0 Å². The predicted molar refractivity (Wildman–Crippen MR) is 73.7 cm³/mol. The van der Waals surface area contributed by atoms with E-state index >= 15 is 0 Å². The van der Waals surface area contributed by atoms with Gasteiger partial charge in [0.15, 0.2) is 0 Å². The minimum atomic E-state index is 0.0904. The number of ether oxygens (including phenoxy) is 1. The molecule has 1 saturated heterocycles. The third-order valence-electron chi connectivity index (χ3n) is 3.26. The smallest absolute Gasteiger partial charge is 0.270 e. The summed E-state index contributed by atoms with van der Waals surface area (Å²) < 4.78 is 8.42. The van der Waals surface area contributed by atoms with Crippen molar-refractivity contribution in [1.82, 2.24) is 9.47 Å². The summed E-state index contributed by atoms with van der Waals surface area (Å²) in [4.78, 5) is 14.3. The van der Waals surface area contributed by atoms with Crippen LogP contribution in [0.1, 0.15) is 30.3 Å². The molecule has 0 spiro atoms. The van der Waals surface area contributed by atoms with Crippen molar-refractivity contribution in [2.75, 3.05) is 19.7 Å². The van der Waals surface area contributed by atoms with Crippen LogP contribution >= 0.6 is 15.9 Å². The van der Waals surface area contributed by atoms with E-state index < -0.39 is 0 Å². The molecule has 4 nitrogen and oxygen atoms in total. The first-order valence-corrected chi connectivity index (χ1v) is 7.14. The molecule has 18 heavy (non-hydrogen) atoms. The topological polar surface area (TPSA) is 34.5 Å². The van der Waals surface area contributed by atoms with Gasteiger partial charge in [-0.25, -0.2) is 0 Å². The van der Waals surface area contributed by atoms with E-state index in [-0.39, 0.29) is 12.0 Å². The Balaban J connectivity index is 2.06. The molecule has 1 aromatic heterocycles. The summed E-state index contributed by atoms with van der Waals surface area (Å²) in [6.45, 7) is 4.23. The van der Waals surface area contributed by atoms with Crippen LogP contribution < -0.4 is 0 Å². The van der Waals surface area contributed by atoms with E-state index in [0.29, 0.717) is 13.2 Å².